The number of rotatable bonds is 0. The molecule has 0 fully saturated rings. The maximum Gasteiger partial charge on any atom is 0.234 e. The van der Waals surface area contributed by atoms with Crippen molar-refractivity contribution in [1.82, 2.24) is 14.4 Å². The number of halogens is 1. The van der Waals surface area contributed by atoms with Crippen molar-refractivity contribution in [3.05, 3.63) is 28.3 Å². The highest BCUT2D eigenvalue weighted by Crippen LogP contribution is 2.16. The third-order valence-electron chi connectivity index (χ3n) is 1.89. The predicted octanol–water partition coefficient (Wildman–Crippen LogP) is 2.11. The lowest BCUT2D eigenvalue weighted by Gasteiger charge is -2.02. The van der Waals surface area contributed by atoms with Crippen LogP contribution < -0.4 is 0 Å². The molecule has 0 radical (unpaired) electrons. The highest BCUT2D eigenvalue weighted by Gasteiger charge is 2.04. The smallest absolute Gasteiger partial charge is 0.234 e. The van der Waals surface area contributed by atoms with Gasteiger partial charge < -0.3 is 0 Å². The molecule has 12 heavy (non-hydrogen) atoms. The van der Waals surface area contributed by atoms with Gasteiger partial charge in [-0.25, -0.2) is 9.97 Å². The fraction of sp³-hybridized carbons (Fsp3) is 0.250. The molecule has 0 saturated carbocycles. The normalized spacial score (nSPS) is 10.9. The molecule has 0 aromatic carbocycles. The Hall–Kier alpha value is -0.900. The van der Waals surface area contributed by atoms with Gasteiger partial charge in [0.2, 0.25) is 5.78 Å². The maximum atomic E-state index is 4.17. The van der Waals surface area contributed by atoms with E-state index in [1.165, 1.54) is 0 Å². The van der Waals surface area contributed by atoms with Crippen molar-refractivity contribution >= 4 is 21.7 Å². The average Bonchev–Trinajstić information content (AvgIpc) is 2.41. The number of fused-ring (bicyclic) bond motifs is 1. The highest BCUT2D eigenvalue weighted by atomic mass is 79.9. The van der Waals surface area contributed by atoms with Crippen LogP contribution in [0.1, 0.15) is 11.4 Å². The van der Waals surface area contributed by atoms with Crippen molar-refractivity contribution < 1.29 is 0 Å². The third kappa shape index (κ3) is 0.948. The lowest BCUT2D eigenvalue weighted by atomic mass is 10.4. The standard InChI is InChI=1S/C8H8BrN3/c1-5-3-10-8-11-4-7(9)6(2)12(5)8/h3-4H,1-2H3. The molecule has 0 aliphatic heterocycles. The summed E-state index contributed by atoms with van der Waals surface area (Å²) in [6, 6.07) is 0. The molecule has 0 spiro atoms. The van der Waals surface area contributed by atoms with Gasteiger partial charge in [-0.2, -0.15) is 0 Å². The zero-order valence-corrected chi connectivity index (χ0v) is 8.46. The van der Waals surface area contributed by atoms with E-state index >= 15 is 0 Å². The van der Waals surface area contributed by atoms with Crippen LogP contribution in [0.15, 0.2) is 16.9 Å². The molecule has 2 rings (SSSR count). The summed E-state index contributed by atoms with van der Waals surface area (Å²) in [5.74, 6) is 0.758. The van der Waals surface area contributed by atoms with Gasteiger partial charge in [0.15, 0.2) is 0 Å². The molecule has 0 saturated heterocycles. The van der Waals surface area contributed by atoms with E-state index in [1.807, 2.05) is 24.4 Å². The molecule has 0 amide bonds. The Morgan fingerprint density at radius 1 is 1.25 bits per heavy atom. The number of hydrogen-bond donors (Lipinski definition) is 0. The largest absolute Gasteiger partial charge is 0.285 e. The zero-order valence-electron chi connectivity index (χ0n) is 6.87. The summed E-state index contributed by atoms with van der Waals surface area (Å²) in [6.45, 7) is 4.05. The van der Waals surface area contributed by atoms with Crippen molar-refractivity contribution in [3.63, 3.8) is 0 Å². The predicted molar refractivity (Wildman–Crippen MR) is 50.2 cm³/mol. The topological polar surface area (TPSA) is 30.2 Å². The average molecular weight is 226 g/mol. The van der Waals surface area contributed by atoms with Crippen molar-refractivity contribution in [2.75, 3.05) is 0 Å². The van der Waals surface area contributed by atoms with Crippen LogP contribution in [0.2, 0.25) is 0 Å². The van der Waals surface area contributed by atoms with Gasteiger partial charge in [0.25, 0.3) is 0 Å². The Morgan fingerprint density at radius 2 is 1.92 bits per heavy atom. The Labute approximate surface area is 78.6 Å². The first-order valence-electron chi connectivity index (χ1n) is 3.65. The van der Waals surface area contributed by atoms with E-state index in [4.69, 9.17) is 0 Å². The zero-order chi connectivity index (χ0) is 8.72. The molecule has 3 nitrogen and oxygen atoms in total. The fourth-order valence-electron chi connectivity index (χ4n) is 1.24. The number of aromatic nitrogens is 3. The number of aryl methyl sites for hydroxylation is 2. The lowest BCUT2D eigenvalue weighted by molar-refractivity contribution is 0.989. The van der Waals surface area contributed by atoms with Crippen molar-refractivity contribution in [1.29, 1.82) is 0 Å². The van der Waals surface area contributed by atoms with Gasteiger partial charge in [0.1, 0.15) is 0 Å². The van der Waals surface area contributed by atoms with E-state index < -0.39 is 0 Å². The number of hydrogen-bond acceptors (Lipinski definition) is 2. The minimum absolute atomic E-state index is 0.758. The van der Waals surface area contributed by atoms with Gasteiger partial charge in [-0.1, -0.05) is 0 Å². The van der Waals surface area contributed by atoms with Crippen LogP contribution in [0.5, 0.6) is 0 Å². The molecule has 4 heteroatoms. The van der Waals surface area contributed by atoms with Gasteiger partial charge in [0.05, 0.1) is 10.7 Å². The first-order valence-corrected chi connectivity index (χ1v) is 4.44. The van der Waals surface area contributed by atoms with E-state index in [-0.39, 0.29) is 0 Å². The Morgan fingerprint density at radius 3 is 2.67 bits per heavy atom. The molecule has 2 aromatic heterocycles. The van der Waals surface area contributed by atoms with Crippen LogP contribution in [0, 0.1) is 13.8 Å². The van der Waals surface area contributed by atoms with Gasteiger partial charge >= 0.3 is 0 Å². The molecule has 0 N–H and O–H groups in total. The molecule has 0 atom stereocenters. The Kier molecular flexibility index (Phi) is 1.65. The molecule has 0 aliphatic rings. The van der Waals surface area contributed by atoms with Crippen LogP contribution in [0.4, 0.5) is 0 Å². The van der Waals surface area contributed by atoms with Crippen LogP contribution in [0.3, 0.4) is 0 Å². The first-order chi connectivity index (χ1) is 5.70. The van der Waals surface area contributed by atoms with E-state index in [2.05, 4.69) is 25.9 Å². The highest BCUT2D eigenvalue weighted by molar-refractivity contribution is 9.10. The van der Waals surface area contributed by atoms with Gasteiger partial charge in [-0.05, 0) is 29.8 Å². The Bertz CT molecular complexity index is 433. The first kappa shape index (κ1) is 7.73. The van der Waals surface area contributed by atoms with Gasteiger partial charge in [-0.3, -0.25) is 4.40 Å². The number of imidazole rings is 1. The summed E-state index contributed by atoms with van der Waals surface area (Å²) in [4.78, 5) is 8.32. The summed E-state index contributed by atoms with van der Waals surface area (Å²) in [5, 5.41) is 0. The molecule has 62 valence electrons. The van der Waals surface area contributed by atoms with E-state index in [9.17, 15) is 0 Å². The van der Waals surface area contributed by atoms with Crippen molar-refractivity contribution in [3.8, 4) is 0 Å². The number of nitrogens with zero attached hydrogens (tertiary/aromatic N) is 3. The Balaban J connectivity index is 2.96. The second kappa shape index (κ2) is 2.55. The molecule has 0 bridgehead atoms. The monoisotopic (exact) mass is 225 g/mol. The molecular weight excluding hydrogens is 218 g/mol. The molecule has 0 unspecified atom stereocenters. The van der Waals surface area contributed by atoms with Crippen LogP contribution >= 0.6 is 15.9 Å². The van der Waals surface area contributed by atoms with E-state index in [1.54, 1.807) is 6.20 Å². The lowest BCUT2D eigenvalue weighted by Crippen LogP contribution is -1.96. The minimum atomic E-state index is 0.758. The van der Waals surface area contributed by atoms with E-state index in [0.717, 1.165) is 21.6 Å². The third-order valence-corrected chi connectivity index (χ3v) is 2.67. The maximum absolute atomic E-state index is 4.17. The molecule has 2 heterocycles. The summed E-state index contributed by atoms with van der Waals surface area (Å²) < 4.78 is 3.03. The van der Waals surface area contributed by atoms with Crippen LogP contribution in [-0.4, -0.2) is 14.4 Å². The second-order valence-electron chi connectivity index (χ2n) is 2.73. The van der Waals surface area contributed by atoms with Gasteiger partial charge in [0, 0.05) is 17.6 Å². The summed E-state index contributed by atoms with van der Waals surface area (Å²) in [7, 11) is 0. The fourth-order valence-corrected chi connectivity index (χ4v) is 1.52. The summed E-state index contributed by atoms with van der Waals surface area (Å²) >= 11 is 3.42. The quantitative estimate of drug-likeness (QED) is 0.688. The molecule has 0 aliphatic carbocycles. The second-order valence-corrected chi connectivity index (χ2v) is 3.58. The van der Waals surface area contributed by atoms with Crippen molar-refractivity contribution in [2.45, 2.75) is 13.8 Å². The van der Waals surface area contributed by atoms with Crippen LogP contribution in [0.25, 0.3) is 5.78 Å². The van der Waals surface area contributed by atoms with Gasteiger partial charge in [-0.15, -0.1) is 0 Å². The summed E-state index contributed by atoms with van der Waals surface area (Å²) in [6.07, 6.45) is 3.60. The minimum Gasteiger partial charge on any atom is -0.285 e. The SMILES string of the molecule is Cc1cnc2ncc(Br)c(C)n12. The molecule has 2 aromatic rings. The van der Waals surface area contributed by atoms with Crippen molar-refractivity contribution in [2.24, 2.45) is 0 Å². The van der Waals surface area contributed by atoms with Crippen LogP contribution in [-0.2, 0) is 0 Å². The summed E-state index contributed by atoms with van der Waals surface area (Å²) in [5.41, 5.74) is 2.24. The van der Waals surface area contributed by atoms with E-state index in [0.29, 0.717) is 0 Å². The molecular formula is C8H8BrN3.